The summed E-state index contributed by atoms with van der Waals surface area (Å²) in [7, 11) is 2.16. The van der Waals surface area contributed by atoms with Crippen molar-refractivity contribution in [1.29, 1.82) is 0 Å². The third kappa shape index (κ3) is 6.17. The molecule has 0 atom stereocenters. The molecule has 1 saturated heterocycles. The molecule has 0 aromatic heterocycles. The second-order valence-electron chi connectivity index (χ2n) is 8.03. The molecule has 4 rings (SSSR count). The fourth-order valence-electron chi connectivity index (χ4n) is 3.65. The van der Waals surface area contributed by atoms with Crippen molar-refractivity contribution in [2.24, 2.45) is 0 Å². The first kappa shape index (κ1) is 21.1. The molecule has 1 N–H and O–H groups in total. The second-order valence-corrected chi connectivity index (χ2v) is 8.03. The summed E-state index contributed by atoms with van der Waals surface area (Å²) in [6, 6.07) is 25.4. The van der Waals surface area contributed by atoms with Gasteiger partial charge in [0, 0.05) is 44.0 Å². The van der Waals surface area contributed by atoms with E-state index in [0.717, 1.165) is 49.7 Å². The summed E-state index contributed by atoms with van der Waals surface area (Å²) in [6.45, 7) is 5.74. The van der Waals surface area contributed by atoms with Crippen molar-refractivity contribution in [1.82, 2.24) is 9.80 Å². The number of nitrogens with one attached hydrogen (secondary N) is 1. The Morgan fingerprint density at radius 3 is 2.35 bits per heavy atom. The van der Waals surface area contributed by atoms with Crippen molar-refractivity contribution in [2.75, 3.05) is 38.5 Å². The van der Waals surface area contributed by atoms with E-state index in [1.165, 1.54) is 5.56 Å². The number of ether oxygens (including phenoxy) is 1. The number of piperazine rings is 1. The lowest BCUT2D eigenvalue weighted by molar-refractivity contribution is 0.102. The van der Waals surface area contributed by atoms with Gasteiger partial charge in [0.15, 0.2) is 0 Å². The minimum Gasteiger partial charge on any atom is -0.489 e. The molecular formula is C26H29N3O2. The highest BCUT2D eigenvalue weighted by Crippen LogP contribution is 2.16. The van der Waals surface area contributed by atoms with Gasteiger partial charge in [-0.1, -0.05) is 42.5 Å². The van der Waals surface area contributed by atoms with Crippen molar-refractivity contribution >= 4 is 11.6 Å². The van der Waals surface area contributed by atoms with E-state index in [1.807, 2.05) is 66.7 Å². The number of nitrogens with zero attached hydrogens (tertiary/aromatic N) is 2. The SMILES string of the molecule is CN1CCN(Cc2cccc(NC(=O)c3ccc(COc4ccccc4)cc3)c2)CC1. The number of rotatable bonds is 7. The molecule has 0 spiro atoms. The van der Waals surface area contributed by atoms with Crippen LogP contribution in [0.4, 0.5) is 5.69 Å². The molecular weight excluding hydrogens is 386 g/mol. The normalized spacial score (nSPS) is 14.9. The van der Waals surface area contributed by atoms with E-state index >= 15 is 0 Å². The molecule has 1 heterocycles. The van der Waals surface area contributed by atoms with Crippen LogP contribution in [0, 0.1) is 0 Å². The van der Waals surface area contributed by atoms with E-state index in [1.54, 1.807) is 0 Å². The van der Waals surface area contributed by atoms with E-state index in [4.69, 9.17) is 4.74 Å². The lowest BCUT2D eigenvalue weighted by atomic mass is 10.1. The third-order valence-electron chi connectivity index (χ3n) is 5.55. The smallest absolute Gasteiger partial charge is 0.255 e. The summed E-state index contributed by atoms with van der Waals surface area (Å²) in [5.74, 6) is 0.730. The molecule has 0 saturated carbocycles. The highest BCUT2D eigenvalue weighted by molar-refractivity contribution is 6.04. The number of anilines is 1. The van der Waals surface area contributed by atoms with E-state index in [0.29, 0.717) is 12.2 Å². The van der Waals surface area contributed by atoms with Crippen LogP contribution < -0.4 is 10.1 Å². The van der Waals surface area contributed by atoms with Gasteiger partial charge in [0.2, 0.25) is 0 Å². The number of para-hydroxylation sites is 1. The Hall–Kier alpha value is -3.15. The maximum atomic E-state index is 12.7. The van der Waals surface area contributed by atoms with Gasteiger partial charge in [0.25, 0.3) is 5.91 Å². The Morgan fingerprint density at radius 2 is 1.61 bits per heavy atom. The van der Waals surface area contributed by atoms with Crippen molar-refractivity contribution in [3.05, 3.63) is 95.6 Å². The Kier molecular flexibility index (Phi) is 6.97. The maximum absolute atomic E-state index is 12.7. The molecule has 5 nitrogen and oxygen atoms in total. The number of hydrogen-bond donors (Lipinski definition) is 1. The second kappa shape index (κ2) is 10.2. The van der Waals surface area contributed by atoms with Crippen molar-refractivity contribution < 1.29 is 9.53 Å². The van der Waals surface area contributed by atoms with Crippen LogP contribution >= 0.6 is 0 Å². The fraction of sp³-hybridized carbons (Fsp3) is 0.269. The molecule has 160 valence electrons. The van der Waals surface area contributed by atoms with Crippen LogP contribution in [-0.4, -0.2) is 48.9 Å². The van der Waals surface area contributed by atoms with Crippen LogP contribution in [0.1, 0.15) is 21.5 Å². The standard InChI is InChI=1S/C26H29N3O2/c1-28-14-16-29(17-15-28)19-22-6-5-7-24(18-22)27-26(30)23-12-10-21(11-13-23)20-31-25-8-3-2-4-9-25/h2-13,18H,14-17,19-20H2,1H3,(H,27,30). The maximum Gasteiger partial charge on any atom is 0.255 e. The van der Waals surface area contributed by atoms with Gasteiger partial charge in [-0.25, -0.2) is 0 Å². The fourth-order valence-corrected chi connectivity index (χ4v) is 3.65. The van der Waals surface area contributed by atoms with Gasteiger partial charge in [-0.3, -0.25) is 9.69 Å². The number of carbonyl (C=O) groups is 1. The molecule has 0 bridgehead atoms. The van der Waals surface area contributed by atoms with Gasteiger partial charge >= 0.3 is 0 Å². The quantitative estimate of drug-likeness (QED) is 0.626. The Bertz CT molecular complexity index is 981. The van der Waals surface area contributed by atoms with E-state index in [9.17, 15) is 4.79 Å². The summed E-state index contributed by atoms with van der Waals surface area (Å²) in [5.41, 5.74) is 3.70. The van der Waals surface area contributed by atoms with Crippen LogP contribution in [0.2, 0.25) is 0 Å². The van der Waals surface area contributed by atoms with Gasteiger partial charge in [-0.2, -0.15) is 0 Å². The molecule has 5 heteroatoms. The summed E-state index contributed by atoms with van der Waals surface area (Å²) in [6.07, 6.45) is 0. The first-order valence-electron chi connectivity index (χ1n) is 10.7. The lowest BCUT2D eigenvalue weighted by Crippen LogP contribution is -2.43. The van der Waals surface area contributed by atoms with E-state index in [2.05, 4.69) is 34.3 Å². The molecule has 1 fully saturated rings. The van der Waals surface area contributed by atoms with Gasteiger partial charge < -0.3 is 15.0 Å². The summed E-state index contributed by atoms with van der Waals surface area (Å²) in [5, 5.41) is 3.02. The van der Waals surface area contributed by atoms with Crippen molar-refractivity contribution in [2.45, 2.75) is 13.2 Å². The van der Waals surface area contributed by atoms with Crippen LogP contribution in [-0.2, 0) is 13.2 Å². The highest BCUT2D eigenvalue weighted by atomic mass is 16.5. The molecule has 1 amide bonds. The predicted molar refractivity (Wildman–Crippen MR) is 124 cm³/mol. The number of carbonyl (C=O) groups excluding carboxylic acids is 1. The van der Waals surface area contributed by atoms with Crippen LogP contribution in [0.5, 0.6) is 5.75 Å². The molecule has 3 aromatic carbocycles. The monoisotopic (exact) mass is 415 g/mol. The molecule has 1 aliphatic rings. The Labute approximate surface area is 184 Å². The number of likely N-dealkylation sites (N-methyl/N-ethyl adjacent to an activating group) is 1. The minimum absolute atomic E-state index is 0.104. The zero-order valence-corrected chi connectivity index (χ0v) is 18.0. The van der Waals surface area contributed by atoms with E-state index in [-0.39, 0.29) is 5.91 Å². The zero-order valence-electron chi connectivity index (χ0n) is 18.0. The summed E-state index contributed by atoms with van der Waals surface area (Å²) < 4.78 is 5.76. The topological polar surface area (TPSA) is 44.8 Å². The first-order chi connectivity index (χ1) is 15.2. The van der Waals surface area contributed by atoms with Crippen LogP contribution in [0.3, 0.4) is 0 Å². The van der Waals surface area contributed by atoms with Gasteiger partial charge in [-0.05, 0) is 54.6 Å². The Balaban J connectivity index is 1.31. The van der Waals surface area contributed by atoms with Gasteiger partial charge in [0.05, 0.1) is 0 Å². The average Bonchev–Trinajstić information content (AvgIpc) is 2.80. The zero-order chi connectivity index (χ0) is 21.5. The largest absolute Gasteiger partial charge is 0.489 e. The van der Waals surface area contributed by atoms with Crippen molar-refractivity contribution in [3.8, 4) is 5.75 Å². The molecule has 1 aliphatic heterocycles. The van der Waals surface area contributed by atoms with Crippen molar-refractivity contribution in [3.63, 3.8) is 0 Å². The summed E-state index contributed by atoms with van der Waals surface area (Å²) in [4.78, 5) is 17.5. The summed E-state index contributed by atoms with van der Waals surface area (Å²) >= 11 is 0. The average molecular weight is 416 g/mol. The predicted octanol–water partition coefficient (Wildman–Crippen LogP) is 4.27. The number of benzene rings is 3. The molecule has 0 aliphatic carbocycles. The van der Waals surface area contributed by atoms with Crippen LogP contribution in [0.25, 0.3) is 0 Å². The van der Waals surface area contributed by atoms with Gasteiger partial charge in [0.1, 0.15) is 12.4 Å². The molecule has 0 radical (unpaired) electrons. The minimum atomic E-state index is -0.104. The first-order valence-corrected chi connectivity index (χ1v) is 10.7. The number of hydrogen-bond acceptors (Lipinski definition) is 4. The van der Waals surface area contributed by atoms with E-state index < -0.39 is 0 Å². The molecule has 31 heavy (non-hydrogen) atoms. The third-order valence-corrected chi connectivity index (χ3v) is 5.55. The lowest BCUT2D eigenvalue weighted by Gasteiger charge is -2.32. The van der Waals surface area contributed by atoms with Gasteiger partial charge in [-0.15, -0.1) is 0 Å². The van der Waals surface area contributed by atoms with Crippen LogP contribution in [0.15, 0.2) is 78.9 Å². The molecule has 0 unspecified atom stereocenters. The number of amides is 1. The highest BCUT2D eigenvalue weighted by Gasteiger charge is 2.14. The Morgan fingerprint density at radius 1 is 0.871 bits per heavy atom. The molecule has 3 aromatic rings.